The molecule has 0 aliphatic heterocycles. The molecule has 0 atom stereocenters. The summed E-state index contributed by atoms with van der Waals surface area (Å²) in [7, 11) is -3.59. The molecule has 0 amide bonds. The summed E-state index contributed by atoms with van der Waals surface area (Å²) in [6.07, 6.45) is -3.66. The van der Waals surface area contributed by atoms with Gasteiger partial charge >= 0.3 is 6.18 Å². The van der Waals surface area contributed by atoms with Gasteiger partial charge in [0.25, 0.3) is 0 Å². The van der Waals surface area contributed by atoms with Gasteiger partial charge in [-0.2, -0.15) is 13.2 Å². The molecular formula is C17H18F3NO5S. The minimum absolute atomic E-state index is 0. The van der Waals surface area contributed by atoms with Crippen molar-refractivity contribution in [1.29, 1.82) is 0 Å². The topological polar surface area (TPSA) is 120 Å². The van der Waals surface area contributed by atoms with Gasteiger partial charge in [-0.3, -0.25) is 0 Å². The van der Waals surface area contributed by atoms with Crippen LogP contribution < -0.4 is 16.0 Å². The third-order valence-electron chi connectivity index (χ3n) is 3.58. The summed E-state index contributed by atoms with van der Waals surface area (Å²) in [4.78, 5) is 10.5. The smallest absolute Gasteiger partial charge is 0.416 e. The Hall–Kier alpha value is -2.59. The van der Waals surface area contributed by atoms with Gasteiger partial charge in [0.1, 0.15) is 12.4 Å². The number of carboxylic acids is 1. The van der Waals surface area contributed by atoms with Crippen molar-refractivity contribution in [3.05, 3.63) is 47.5 Å². The molecule has 0 aliphatic rings. The number of hydrogen-bond acceptors (Lipinski definition) is 5. The monoisotopic (exact) mass is 405 g/mol. The van der Waals surface area contributed by atoms with E-state index in [1.807, 2.05) is 0 Å². The van der Waals surface area contributed by atoms with Gasteiger partial charge in [-0.25, -0.2) is 8.42 Å². The maximum atomic E-state index is 13.1. The maximum Gasteiger partial charge on any atom is 0.416 e. The number of halogens is 3. The van der Waals surface area contributed by atoms with Crippen LogP contribution in [0.5, 0.6) is 5.75 Å². The highest BCUT2D eigenvalue weighted by Crippen LogP contribution is 2.39. The molecule has 27 heavy (non-hydrogen) atoms. The van der Waals surface area contributed by atoms with Crippen LogP contribution >= 0.6 is 0 Å². The number of aryl methyl sites for hydroxylation is 1. The van der Waals surface area contributed by atoms with Crippen molar-refractivity contribution in [1.82, 2.24) is 6.15 Å². The van der Waals surface area contributed by atoms with Crippen LogP contribution in [0, 0.1) is 6.92 Å². The van der Waals surface area contributed by atoms with E-state index in [0.29, 0.717) is 5.56 Å². The lowest BCUT2D eigenvalue weighted by atomic mass is 9.97. The second-order valence-corrected chi connectivity index (χ2v) is 7.63. The van der Waals surface area contributed by atoms with E-state index in [0.717, 1.165) is 24.5 Å². The number of aliphatic carboxylic acids is 1. The lowest BCUT2D eigenvalue weighted by molar-refractivity contribution is -0.307. The Morgan fingerprint density at radius 3 is 2.26 bits per heavy atom. The normalized spacial score (nSPS) is 11.6. The van der Waals surface area contributed by atoms with Gasteiger partial charge in [-0.05, 0) is 48.4 Å². The van der Waals surface area contributed by atoms with Gasteiger partial charge in [-0.1, -0.05) is 6.07 Å². The van der Waals surface area contributed by atoms with E-state index in [2.05, 4.69) is 0 Å². The van der Waals surface area contributed by atoms with Crippen LogP contribution in [0.1, 0.15) is 11.1 Å². The third-order valence-corrected chi connectivity index (χ3v) is 4.69. The Labute approximate surface area is 154 Å². The van der Waals surface area contributed by atoms with Crippen LogP contribution in [-0.4, -0.2) is 27.2 Å². The van der Waals surface area contributed by atoms with E-state index in [1.54, 1.807) is 6.92 Å². The van der Waals surface area contributed by atoms with Gasteiger partial charge in [0.2, 0.25) is 0 Å². The summed E-state index contributed by atoms with van der Waals surface area (Å²) >= 11 is 0. The summed E-state index contributed by atoms with van der Waals surface area (Å²) in [5, 5.41) is 10.6. The maximum absolute atomic E-state index is 13.1. The van der Waals surface area contributed by atoms with Crippen LogP contribution in [0.3, 0.4) is 0 Å². The number of hydrogen-bond donors (Lipinski definition) is 1. The number of rotatable bonds is 5. The number of benzene rings is 2. The van der Waals surface area contributed by atoms with Crippen LogP contribution in [0.25, 0.3) is 11.1 Å². The molecule has 0 bridgehead atoms. The molecule has 0 radical (unpaired) electrons. The summed E-state index contributed by atoms with van der Waals surface area (Å²) in [6, 6.07) is 6.56. The molecule has 0 unspecified atom stereocenters. The van der Waals surface area contributed by atoms with Gasteiger partial charge in [0, 0.05) is 11.8 Å². The summed E-state index contributed by atoms with van der Waals surface area (Å²) in [5.74, 6) is -1.67. The predicted molar refractivity (Wildman–Crippen MR) is 91.2 cm³/mol. The molecular weight excluding hydrogens is 387 g/mol. The van der Waals surface area contributed by atoms with E-state index < -0.39 is 34.2 Å². The SMILES string of the molecule is Cc1ccc(S(C)(=O)=O)cc1-c1cc(C(F)(F)F)ccc1OCC(=O)[O-].[NH4+]. The van der Waals surface area contributed by atoms with Gasteiger partial charge in [0.05, 0.1) is 16.4 Å². The van der Waals surface area contributed by atoms with Crippen molar-refractivity contribution in [2.24, 2.45) is 0 Å². The number of carbonyl (C=O) groups is 1. The minimum Gasteiger partial charge on any atom is -0.546 e. The zero-order valence-corrected chi connectivity index (χ0v) is 15.6. The van der Waals surface area contributed by atoms with E-state index in [1.165, 1.54) is 18.2 Å². The molecule has 0 saturated heterocycles. The first kappa shape index (κ1) is 22.5. The average Bonchev–Trinajstić information content (AvgIpc) is 2.51. The lowest BCUT2D eigenvalue weighted by Gasteiger charge is -2.17. The predicted octanol–water partition coefficient (Wildman–Crippen LogP) is 2.59. The van der Waals surface area contributed by atoms with E-state index in [9.17, 15) is 31.5 Å². The van der Waals surface area contributed by atoms with Crippen LogP contribution in [0.15, 0.2) is 41.3 Å². The first-order chi connectivity index (χ1) is 11.9. The lowest BCUT2D eigenvalue weighted by Crippen LogP contribution is -2.29. The highest BCUT2D eigenvalue weighted by Gasteiger charge is 2.31. The van der Waals surface area contributed by atoms with Crippen molar-refractivity contribution < 1.29 is 36.2 Å². The Kier molecular flexibility index (Phi) is 6.63. The zero-order chi connectivity index (χ0) is 19.7. The fourth-order valence-corrected chi connectivity index (χ4v) is 2.95. The zero-order valence-electron chi connectivity index (χ0n) is 14.8. The molecule has 4 N–H and O–H groups in total. The minimum atomic E-state index is -4.63. The van der Waals surface area contributed by atoms with Gasteiger partial charge < -0.3 is 20.8 Å². The van der Waals surface area contributed by atoms with Crippen molar-refractivity contribution in [3.63, 3.8) is 0 Å². The third kappa shape index (κ3) is 5.44. The fraction of sp³-hybridized carbons (Fsp3) is 0.235. The van der Waals surface area contributed by atoms with Crippen molar-refractivity contribution in [3.8, 4) is 16.9 Å². The van der Waals surface area contributed by atoms with Crippen LogP contribution in [0.2, 0.25) is 0 Å². The Bertz CT molecular complexity index is 956. The van der Waals surface area contributed by atoms with Gasteiger partial charge in [0.15, 0.2) is 9.84 Å². The largest absolute Gasteiger partial charge is 0.546 e. The molecule has 2 rings (SSSR count). The molecule has 0 aliphatic carbocycles. The second kappa shape index (κ2) is 7.97. The highest BCUT2D eigenvalue weighted by atomic mass is 32.2. The summed E-state index contributed by atoms with van der Waals surface area (Å²) in [6.45, 7) is 0.730. The van der Waals surface area contributed by atoms with Crippen LogP contribution in [-0.2, 0) is 20.8 Å². The molecule has 2 aromatic carbocycles. The van der Waals surface area contributed by atoms with E-state index in [-0.39, 0.29) is 27.9 Å². The van der Waals surface area contributed by atoms with Crippen molar-refractivity contribution in [2.75, 3.05) is 12.9 Å². The summed E-state index contributed by atoms with van der Waals surface area (Å²) < 4.78 is 67.7. The molecule has 10 heteroatoms. The number of quaternary nitrogens is 1. The quantitative estimate of drug-likeness (QED) is 0.820. The second-order valence-electron chi connectivity index (χ2n) is 5.62. The molecule has 0 aromatic heterocycles. The van der Waals surface area contributed by atoms with E-state index in [4.69, 9.17) is 4.74 Å². The Morgan fingerprint density at radius 2 is 1.74 bits per heavy atom. The van der Waals surface area contributed by atoms with Crippen LogP contribution in [0.4, 0.5) is 13.2 Å². The number of sulfone groups is 1. The first-order valence-corrected chi connectivity index (χ1v) is 9.13. The fourth-order valence-electron chi connectivity index (χ4n) is 2.30. The number of carbonyl (C=O) groups excluding carboxylic acids is 1. The first-order valence-electron chi connectivity index (χ1n) is 7.24. The molecule has 6 nitrogen and oxygen atoms in total. The standard InChI is InChI=1S/C17H15F3O5S.H3N/c1-10-3-5-12(26(2,23)24)8-13(10)14-7-11(17(18,19)20)4-6-15(14)25-9-16(21)22;/h3-8H,9H2,1-2H3,(H,21,22);1H3. The van der Waals surface area contributed by atoms with Crippen molar-refractivity contribution in [2.45, 2.75) is 18.0 Å². The van der Waals surface area contributed by atoms with Crippen molar-refractivity contribution >= 4 is 15.8 Å². The molecule has 0 heterocycles. The number of carboxylic acid groups (broad SMARTS) is 1. The molecule has 0 saturated carbocycles. The molecule has 0 spiro atoms. The highest BCUT2D eigenvalue weighted by molar-refractivity contribution is 7.90. The number of alkyl halides is 3. The molecule has 148 valence electrons. The molecule has 0 fully saturated rings. The Balaban J connectivity index is 0.00000364. The van der Waals surface area contributed by atoms with Gasteiger partial charge in [-0.15, -0.1) is 0 Å². The molecule has 2 aromatic rings. The number of ether oxygens (including phenoxy) is 1. The van der Waals surface area contributed by atoms with E-state index >= 15 is 0 Å². The summed E-state index contributed by atoms with van der Waals surface area (Å²) in [5.41, 5.74) is -0.357. The average molecular weight is 405 g/mol. The Morgan fingerprint density at radius 1 is 1.11 bits per heavy atom.